The molecule has 0 saturated carbocycles. The van der Waals surface area contributed by atoms with Crippen molar-refractivity contribution in [2.75, 3.05) is 11.9 Å². The van der Waals surface area contributed by atoms with Gasteiger partial charge >= 0.3 is 0 Å². The molecule has 0 fully saturated rings. The van der Waals surface area contributed by atoms with Gasteiger partial charge in [-0.05, 0) is 24.3 Å². The minimum absolute atomic E-state index is 0.0787. The molecule has 1 heterocycles. The molecule has 0 aliphatic heterocycles. The van der Waals surface area contributed by atoms with E-state index in [0.29, 0.717) is 5.69 Å². The molecule has 1 aromatic heterocycles. The van der Waals surface area contributed by atoms with Crippen molar-refractivity contribution in [1.82, 2.24) is 4.98 Å². The average Bonchev–Trinajstić information content (AvgIpc) is 2.47. The van der Waals surface area contributed by atoms with E-state index in [9.17, 15) is 4.79 Å². The first kappa shape index (κ1) is 11.5. The Bertz CT molecular complexity index is 762. The van der Waals surface area contributed by atoms with Crippen LogP contribution < -0.4 is 10.5 Å². The second kappa shape index (κ2) is 4.61. The molecule has 0 saturated heterocycles. The molecule has 3 nitrogen and oxygen atoms in total. The lowest BCUT2D eigenvalue weighted by Gasteiger charge is -2.18. The molecule has 0 aliphatic carbocycles. The van der Waals surface area contributed by atoms with E-state index in [0.717, 1.165) is 16.6 Å². The smallest absolute Gasteiger partial charge is 0.272 e. The Hall–Kier alpha value is -2.55. The Morgan fingerprint density at radius 1 is 0.947 bits per heavy atom. The van der Waals surface area contributed by atoms with E-state index >= 15 is 0 Å². The average molecular weight is 250 g/mol. The van der Waals surface area contributed by atoms with Crippen molar-refractivity contribution in [3.63, 3.8) is 0 Å². The fourth-order valence-corrected chi connectivity index (χ4v) is 2.18. The van der Waals surface area contributed by atoms with E-state index in [-0.39, 0.29) is 5.56 Å². The first-order valence-electron chi connectivity index (χ1n) is 6.16. The van der Waals surface area contributed by atoms with Gasteiger partial charge in [-0.15, -0.1) is 0 Å². The van der Waals surface area contributed by atoms with Crippen molar-refractivity contribution < 1.29 is 0 Å². The highest BCUT2D eigenvalue weighted by molar-refractivity contribution is 5.82. The number of nitrogens with one attached hydrogen (secondary N) is 1. The molecule has 0 atom stereocenters. The largest absolute Gasteiger partial charge is 0.340 e. The maximum Gasteiger partial charge on any atom is 0.272 e. The number of hydrogen-bond donors (Lipinski definition) is 1. The van der Waals surface area contributed by atoms with E-state index in [1.54, 1.807) is 0 Å². The van der Waals surface area contributed by atoms with Crippen molar-refractivity contribution in [3.05, 3.63) is 71.0 Å². The fourth-order valence-electron chi connectivity index (χ4n) is 2.18. The molecular weight excluding hydrogens is 236 g/mol. The van der Waals surface area contributed by atoms with Crippen LogP contribution in [0.25, 0.3) is 10.9 Å². The highest BCUT2D eigenvalue weighted by Gasteiger charge is 2.09. The van der Waals surface area contributed by atoms with Gasteiger partial charge in [-0.2, -0.15) is 0 Å². The number of hydrogen-bond acceptors (Lipinski definition) is 2. The molecule has 0 amide bonds. The second-order valence-corrected chi connectivity index (χ2v) is 4.47. The van der Waals surface area contributed by atoms with Gasteiger partial charge in [0.15, 0.2) is 0 Å². The van der Waals surface area contributed by atoms with Gasteiger partial charge in [-0.3, -0.25) is 4.79 Å². The highest BCUT2D eigenvalue weighted by Crippen LogP contribution is 2.22. The monoisotopic (exact) mass is 250 g/mol. The van der Waals surface area contributed by atoms with Crippen molar-refractivity contribution in [1.29, 1.82) is 0 Å². The number of fused-ring (bicyclic) bond motifs is 1. The van der Waals surface area contributed by atoms with Crippen molar-refractivity contribution >= 4 is 22.3 Å². The third kappa shape index (κ3) is 2.10. The van der Waals surface area contributed by atoms with Crippen molar-refractivity contribution in [3.8, 4) is 0 Å². The van der Waals surface area contributed by atoms with Gasteiger partial charge in [0.2, 0.25) is 0 Å². The number of nitrogens with zero attached hydrogens (tertiary/aromatic N) is 1. The maximum absolute atomic E-state index is 12.2. The molecular formula is C16H14N2O. The van der Waals surface area contributed by atoms with Crippen LogP contribution in [-0.2, 0) is 0 Å². The predicted octanol–water partition coefficient (Wildman–Crippen LogP) is 3.30. The van der Waals surface area contributed by atoms with Crippen molar-refractivity contribution in [2.24, 2.45) is 0 Å². The Kier molecular flexibility index (Phi) is 2.80. The lowest BCUT2D eigenvalue weighted by molar-refractivity contribution is 1.16. The molecule has 0 unspecified atom stereocenters. The van der Waals surface area contributed by atoms with Gasteiger partial charge in [0, 0.05) is 23.6 Å². The number of aromatic amines is 1. The summed E-state index contributed by atoms with van der Waals surface area (Å²) in [7, 11) is 1.90. The number of anilines is 2. The summed E-state index contributed by atoms with van der Waals surface area (Å²) in [6, 6.07) is 19.5. The van der Waals surface area contributed by atoms with Crippen LogP contribution in [0.15, 0.2) is 65.5 Å². The standard InChI is InChI=1S/C16H14N2O/c1-18(13-8-3-2-4-9-13)15-11-12-7-5-6-10-14(12)17-16(15)19/h2-11H,1H3,(H,17,19). The first-order chi connectivity index (χ1) is 9.25. The molecule has 2 aromatic carbocycles. The van der Waals surface area contributed by atoms with Crippen LogP contribution in [-0.4, -0.2) is 12.0 Å². The zero-order chi connectivity index (χ0) is 13.2. The summed E-state index contributed by atoms with van der Waals surface area (Å²) in [5, 5.41) is 1.03. The summed E-state index contributed by atoms with van der Waals surface area (Å²) >= 11 is 0. The summed E-state index contributed by atoms with van der Waals surface area (Å²) in [6.45, 7) is 0. The van der Waals surface area contributed by atoms with Gasteiger partial charge in [-0.1, -0.05) is 36.4 Å². The van der Waals surface area contributed by atoms with Crippen molar-refractivity contribution in [2.45, 2.75) is 0 Å². The van der Waals surface area contributed by atoms with Gasteiger partial charge < -0.3 is 9.88 Å². The van der Waals surface area contributed by atoms with Crippen LogP contribution in [0, 0.1) is 0 Å². The third-order valence-electron chi connectivity index (χ3n) is 3.24. The summed E-state index contributed by atoms with van der Waals surface area (Å²) in [5.41, 5.74) is 2.41. The first-order valence-corrected chi connectivity index (χ1v) is 6.16. The lowest BCUT2D eigenvalue weighted by Crippen LogP contribution is -2.20. The number of rotatable bonds is 2. The third-order valence-corrected chi connectivity index (χ3v) is 3.24. The summed E-state index contributed by atoms with van der Waals surface area (Å²) in [6.07, 6.45) is 0. The minimum Gasteiger partial charge on any atom is -0.340 e. The molecule has 0 aliphatic rings. The number of H-pyrrole nitrogens is 1. The normalized spacial score (nSPS) is 10.6. The molecule has 0 bridgehead atoms. The Morgan fingerprint density at radius 3 is 2.42 bits per heavy atom. The van der Waals surface area contributed by atoms with Crippen LogP contribution in [0.5, 0.6) is 0 Å². The van der Waals surface area contributed by atoms with E-state index in [2.05, 4.69) is 4.98 Å². The van der Waals surface area contributed by atoms with Gasteiger partial charge in [-0.25, -0.2) is 0 Å². The second-order valence-electron chi connectivity index (χ2n) is 4.47. The Labute approximate surface area is 111 Å². The van der Waals surface area contributed by atoms with Crippen LogP contribution >= 0.6 is 0 Å². The molecule has 3 rings (SSSR count). The number of para-hydroxylation sites is 2. The van der Waals surface area contributed by atoms with Crippen LogP contribution in [0.4, 0.5) is 11.4 Å². The van der Waals surface area contributed by atoms with E-state index in [1.807, 2.05) is 72.6 Å². The molecule has 3 heteroatoms. The van der Waals surface area contributed by atoms with Gasteiger partial charge in [0.1, 0.15) is 5.69 Å². The lowest BCUT2D eigenvalue weighted by atomic mass is 10.2. The SMILES string of the molecule is CN(c1ccccc1)c1cc2ccccc2[nH]c1=O. The summed E-state index contributed by atoms with van der Waals surface area (Å²) in [5.74, 6) is 0. The molecule has 19 heavy (non-hydrogen) atoms. The zero-order valence-electron chi connectivity index (χ0n) is 10.6. The topological polar surface area (TPSA) is 36.1 Å². The Morgan fingerprint density at radius 2 is 1.63 bits per heavy atom. The maximum atomic E-state index is 12.2. The van der Waals surface area contributed by atoms with E-state index < -0.39 is 0 Å². The molecule has 0 spiro atoms. The quantitative estimate of drug-likeness (QED) is 0.757. The van der Waals surface area contributed by atoms with E-state index in [1.165, 1.54) is 0 Å². The predicted molar refractivity (Wildman–Crippen MR) is 79.1 cm³/mol. The number of benzene rings is 2. The van der Waals surface area contributed by atoms with Gasteiger partial charge in [0.05, 0.1) is 0 Å². The minimum atomic E-state index is -0.0787. The van der Waals surface area contributed by atoms with Crippen LogP contribution in [0.3, 0.4) is 0 Å². The molecule has 0 radical (unpaired) electrons. The highest BCUT2D eigenvalue weighted by atomic mass is 16.1. The van der Waals surface area contributed by atoms with E-state index in [4.69, 9.17) is 0 Å². The molecule has 3 aromatic rings. The molecule has 1 N–H and O–H groups in total. The zero-order valence-corrected chi connectivity index (χ0v) is 10.6. The van der Waals surface area contributed by atoms with Crippen LogP contribution in [0.2, 0.25) is 0 Å². The van der Waals surface area contributed by atoms with Gasteiger partial charge in [0.25, 0.3) is 5.56 Å². The Balaban J connectivity index is 2.15. The molecule has 94 valence electrons. The summed E-state index contributed by atoms with van der Waals surface area (Å²) < 4.78 is 0. The number of pyridine rings is 1. The number of aromatic nitrogens is 1. The fraction of sp³-hybridized carbons (Fsp3) is 0.0625. The van der Waals surface area contributed by atoms with Crippen LogP contribution in [0.1, 0.15) is 0 Å². The summed E-state index contributed by atoms with van der Waals surface area (Å²) in [4.78, 5) is 17.0.